The molecule has 0 unspecified atom stereocenters. The van der Waals surface area contributed by atoms with Gasteiger partial charge in [0.25, 0.3) is 0 Å². The van der Waals surface area contributed by atoms with Gasteiger partial charge in [-0.05, 0) is 37.1 Å². The van der Waals surface area contributed by atoms with E-state index in [2.05, 4.69) is 27.2 Å². The third-order valence-electron chi connectivity index (χ3n) is 2.85. The standard InChI is InChI=1S/C16H20BrNO2S/c1-4-6-7-14(5-2)12-21(19,20)18-13(3)15-8-10-16(17)11-9-15/h4-11,13,18H,2,12H2,1,3H3/b6-4-,14-7+/t13-/m0/s1. The van der Waals surface area contributed by atoms with E-state index in [1.54, 1.807) is 18.2 Å². The van der Waals surface area contributed by atoms with E-state index in [1.165, 1.54) is 0 Å². The van der Waals surface area contributed by atoms with Gasteiger partial charge in [-0.2, -0.15) is 0 Å². The van der Waals surface area contributed by atoms with Gasteiger partial charge in [-0.15, -0.1) is 0 Å². The molecule has 0 saturated carbocycles. The molecular formula is C16H20BrNO2S. The van der Waals surface area contributed by atoms with Gasteiger partial charge in [-0.25, -0.2) is 13.1 Å². The minimum Gasteiger partial charge on any atom is -0.212 e. The third kappa shape index (κ3) is 6.42. The number of hydrogen-bond donors (Lipinski definition) is 1. The number of hydrogen-bond acceptors (Lipinski definition) is 2. The quantitative estimate of drug-likeness (QED) is 0.734. The number of allylic oxidation sites excluding steroid dienone is 4. The molecule has 0 saturated heterocycles. The number of benzene rings is 1. The molecular weight excluding hydrogens is 350 g/mol. The lowest BCUT2D eigenvalue weighted by molar-refractivity contribution is 0.569. The van der Waals surface area contributed by atoms with Crippen molar-refractivity contribution in [1.29, 1.82) is 0 Å². The molecule has 0 aromatic heterocycles. The van der Waals surface area contributed by atoms with Crippen molar-refractivity contribution in [2.45, 2.75) is 19.9 Å². The zero-order valence-corrected chi connectivity index (χ0v) is 14.6. The Kier molecular flexibility index (Phi) is 7.08. The van der Waals surface area contributed by atoms with Gasteiger partial charge in [0, 0.05) is 10.5 Å². The van der Waals surface area contributed by atoms with Crippen LogP contribution < -0.4 is 4.72 Å². The van der Waals surface area contributed by atoms with Crippen LogP contribution in [0.3, 0.4) is 0 Å². The zero-order valence-electron chi connectivity index (χ0n) is 12.2. The second-order valence-electron chi connectivity index (χ2n) is 4.62. The molecule has 0 aliphatic heterocycles. The van der Waals surface area contributed by atoms with Crippen molar-refractivity contribution in [2.75, 3.05) is 5.75 Å². The first-order valence-corrected chi connectivity index (χ1v) is 9.02. The Labute approximate surface area is 135 Å². The van der Waals surface area contributed by atoms with Crippen LogP contribution in [0.25, 0.3) is 0 Å². The minimum atomic E-state index is -3.42. The van der Waals surface area contributed by atoms with Gasteiger partial charge in [0.05, 0.1) is 5.75 Å². The van der Waals surface area contributed by atoms with Crippen LogP contribution in [0.1, 0.15) is 25.5 Å². The van der Waals surface area contributed by atoms with Crippen LogP contribution in [0, 0.1) is 0 Å². The molecule has 114 valence electrons. The van der Waals surface area contributed by atoms with Gasteiger partial charge < -0.3 is 0 Å². The predicted molar refractivity (Wildman–Crippen MR) is 92.6 cm³/mol. The Morgan fingerprint density at radius 1 is 1.38 bits per heavy atom. The highest BCUT2D eigenvalue weighted by molar-refractivity contribution is 9.10. The van der Waals surface area contributed by atoms with Gasteiger partial charge in [0.15, 0.2) is 0 Å². The molecule has 0 amide bonds. The van der Waals surface area contributed by atoms with E-state index in [9.17, 15) is 8.42 Å². The maximum Gasteiger partial charge on any atom is 0.216 e. The second-order valence-corrected chi connectivity index (χ2v) is 7.29. The molecule has 5 heteroatoms. The van der Waals surface area contributed by atoms with Crippen molar-refractivity contribution in [3.8, 4) is 0 Å². The van der Waals surface area contributed by atoms with Crippen LogP contribution in [0.4, 0.5) is 0 Å². The van der Waals surface area contributed by atoms with Crippen molar-refractivity contribution in [2.24, 2.45) is 0 Å². The minimum absolute atomic E-state index is 0.0816. The molecule has 0 aliphatic rings. The fourth-order valence-electron chi connectivity index (χ4n) is 1.74. The van der Waals surface area contributed by atoms with E-state index in [1.807, 2.05) is 44.2 Å². The molecule has 0 fully saturated rings. The molecule has 21 heavy (non-hydrogen) atoms. The molecule has 1 atom stereocenters. The highest BCUT2D eigenvalue weighted by atomic mass is 79.9. The molecule has 1 aromatic carbocycles. The van der Waals surface area contributed by atoms with Crippen LogP contribution in [-0.4, -0.2) is 14.2 Å². The summed E-state index contributed by atoms with van der Waals surface area (Å²) in [4.78, 5) is 0. The lowest BCUT2D eigenvalue weighted by Gasteiger charge is -2.15. The van der Waals surface area contributed by atoms with Crippen molar-refractivity contribution < 1.29 is 8.42 Å². The molecule has 0 radical (unpaired) electrons. The summed E-state index contributed by atoms with van der Waals surface area (Å²) in [7, 11) is -3.42. The van der Waals surface area contributed by atoms with Gasteiger partial charge in [-0.3, -0.25) is 0 Å². The molecule has 3 nitrogen and oxygen atoms in total. The summed E-state index contributed by atoms with van der Waals surface area (Å²) in [6, 6.07) is 7.28. The SMILES string of the molecule is C=C/C(=C\C=C/C)CS(=O)(=O)N[C@@H](C)c1ccc(Br)cc1. The van der Waals surface area contributed by atoms with E-state index in [0.29, 0.717) is 5.57 Å². The van der Waals surface area contributed by atoms with Crippen molar-refractivity contribution >= 4 is 26.0 Å². The maximum absolute atomic E-state index is 12.2. The molecule has 1 rings (SSSR count). The van der Waals surface area contributed by atoms with E-state index >= 15 is 0 Å². The fraction of sp³-hybridized carbons (Fsp3) is 0.250. The van der Waals surface area contributed by atoms with Gasteiger partial charge >= 0.3 is 0 Å². The summed E-state index contributed by atoms with van der Waals surface area (Å²) in [5.41, 5.74) is 1.57. The van der Waals surface area contributed by atoms with Gasteiger partial charge in [0.2, 0.25) is 10.0 Å². The Morgan fingerprint density at radius 2 is 2.00 bits per heavy atom. The Morgan fingerprint density at radius 3 is 2.52 bits per heavy atom. The highest BCUT2D eigenvalue weighted by Gasteiger charge is 2.16. The number of rotatable bonds is 7. The lowest BCUT2D eigenvalue weighted by Crippen LogP contribution is -2.29. The highest BCUT2D eigenvalue weighted by Crippen LogP contribution is 2.17. The van der Waals surface area contributed by atoms with E-state index in [0.717, 1.165) is 10.0 Å². The molecule has 1 N–H and O–H groups in total. The average molecular weight is 370 g/mol. The van der Waals surface area contributed by atoms with Crippen molar-refractivity contribution in [3.63, 3.8) is 0 Å². The van der Waals surface area contributed by atoms with E-state index in [-0.39, 0.29) is 11.8 Å². The third-order valence-corrected chi connectivity index (χ3v) is 4.80. The Hall–Kier alpha value is -1.17. The average Bonchev–Trinajstić information content (AvgIpc) is 2.43. The maximum atomic E-state index is 12.2. The summed E-state index contributed by atoms with van der Waals surface area (Å²) in [5, 5.41) is 0. The normalized spacial score (nSPS) is 14.3. The Bertz CT molecular complexity index is 631. The summed E-state index contributed by atoms with van der Waals surface area (Å²) >= 11 is 3.36. The van der Waals surface area contributed by atoms with Crippen LogP contribution in [0.5, 0.6) is 0 Å². The van der Waals surface area contributed by atoms with Crippen LogP contribution >= 0.6 is 15.9 Å². The number of sulfonamides is 1. The largest absolute Gasteiger partial charge is 0.216 e. The van der Waals surface area contributed by atoms with Crippen molar-refractivity contribution in [3.05, 3.63) is 70.8 Å². The summed E-state index contributed by atoms with van der Waals surface area (Å²) in [5.74, 6) is -0.0816. The van der Waals surface area contributed by atoms with Crippen molar-refractivity contribution in [1.82, 2.24) is 4.72 Å². The van der Waals surface area contributed by atoms with Crippen LogP contribution in [-0.2, 0) is 10.0 Å². The summed E-state index contributed by atoms with van der Waals surface area (Å²) < 4.78 is 28.0. The van der Waals surface area contributed by atoms with E-state index in [4.69, 9.17) is 0 Å². The molecule has 1 aromatic rings. The smallest absolute Gasteiger partial charge is 0.212 e. The molecule has 0 aliphatic carbocycles. The van der Waals surface area contributed by atoms with Crippen LogP contribution in [0.2, 0.25) is 0 Å². The molecule has 0 heterocycles. The summed E-state index contributed by atoms with van der Waals surface area (Å²) in [6.07, 6.45) is 6.94. The predicted octanol–water partition coefficient (Wildman–Crippen LogP) is 4.12. The molecule has 0 bridgehead atoms. The fourth-order valence-corrected chi connectivity index (χ4v) is 3.42. The summed E-state index contributed by atoms with van der Waals surface area (Å²) in [6.45, 7) is 7.34. The molecule has 0 spiro atoms. The first-order chi connectivity index (χ1) is 9.88. The monoisotopic (exact) mass is 369 g/mol. The first kappa shape index (κ1) is 17.9. The lowest BCUT2D eigenvalue weighted by atomic mass is 10.1. The topological polar surface area (TPSA) is 46.2 Å². The number of halogens is 1. The number of nitrogens with one attached hydrogen (secondary N) is 1. The van der Waals surface area contributed by atoms with E-state index < -0.39 is 10.0 Å². The second kappa shape index (κ2) is 8.32. The van der Waals surface area contributed by atoms with Gasteiger partial charge in [0.1, 0.15) is 0 Å². The zero-order chi connectivity index (χ0) is 15.9. The Balaban J connectivity index is 2.80. The first-order valence-electron chi connectivity index (χ1n) is 6.57. The van der Waals surface area contributed by atoms with Gasteiger partial charge in [-0.1, -0.05) is 58.9 Å². The van der Waals surface area contributed by atoms with Crippen LogP contribution in [0.15, 0.2) is 65.2 Å².